The number of nitrogens with one attached hydrogen (secondary N) is 1. The highest BCUT2D eigenvalue weighted by molar-refractivity contribution is 6.30. The molecule has 4 rings (SSSR count). The number of hydrogen-bond donors (Lipinski definition) is 1. The number of carbonyl (C=O) groups excluding carboxylic acids is 1. The van der Waals surface area contributed by atoms with Gasteiger partial charge >= 0.3 is 0 Å². The van der Waals surface area contributed by atoms with E-state index < -0.39 is 0 Å². The number of nitrogens with zero attached hydrogens (tertiary/aromatic N) is 4. The predicted molar refractivity (Wildman–Crippen MR) is 109 cm³/mol. The molecule has 1 amide bonds. The van der Waals surface area contributed by atoms with Gasteiger partial charge in [-0.25, -0.2) is 4.68 Å². The molecule has 3 heterocycles. The standard InChI is InChI=1S/C21H22ClN5O/c22-18-5-1-3-16(13-18)15-26-11-7-19(8-12-26)27-20(6-10-24-27)25-21(28)17-4-2-9-23-14-17/h1-6,9-10,13-14,19H,7-8,11-12,15H2,(H,25,28). The molecule has 0 aliphatic carbocycles. The highest BCUT2D eigenvalue weighted by Gasteiger charge is 2.23. The third-order valence-corrected chi connectivity index (χ3v) is 5.27. The van der Waals surface area contributed by atoms with Gasteiger partial charge in [-0.15, -0.1) is 0 Å². The summed E-state index contributed by atoms with van der Waals surface area (Å²) in [7, 11) is 0. The van der Waals surface area contributed by atoms with Crippen molar-refractivity contribution in [2.45, 2.75) is 25.4 Å². The first-order chi connectivity index (χ1) is 13.7. The number of likely N-dealkylation sites (tertiary alicyclic amines) is 1. The number of anilines is 1. The molecule has 0 unspecified atom stereocenters. The van der Waals surface area contributed by atoms with Crippen LogP contribution in [0.15, 0.2) is 61.1 Å². The minimum atomic E-state index is -0.173. The van der Waals surface area contributed by atoms with E-state index in [9.17, 15) is 4.79 Å². The highest BCUT2D eigenvalue weighted by atomic mass is 35.5. The Hall–Kier alpha value is -2.70. The summed E-state index contributed by atoms with van der Waals surface area (Å²) in [5, 5.41) is 8.19. The Morgan fingerprint density at radius 2 is 2.00 bits per heavy atom. The number of aromatic nitrogens is 3. The van der Waals surface area contributed by atoms with E-state index >= 15 is 0 Å². The second-order valence-corrected chi connectivity index (χ2v) is 7.43. The minimum Gasteiger partial charge on any atom is -0.307 e. The van der Waals surface area contributed by atoms with Gasteiger partial charge in [0.05, 0.1) is 17.8 Å². The van der Waals surface area contributed by atoms with E-state index in [0.29, 0.717) is 5.56 Å². The van der Waals surface area contributed by atoms with Gasteiger partial charge < -0.3 is 5.32 Å². The van der Waals surface area contributed by atoms with Crippen LogP contribution in [0.1, 0.15) is 34.8 Å². The number of amides is 1. The lowest BCUT2D eigenvalue weighted by Gasteiger charge is -2.32. The highest BCUT2D eigenvalue weighted by Crippen LogP contribution is 2.26. The molecule has 1 saturated heterocycles. The molecule has 6 nitrogen and oxygen atoms in total. The Morgan fingerprint density at radius 1 is 1.14 bits per heavy atom. The number of piperidine rings is 1. The summed E-state index contributed by atoms with van der Waals surface area (Å²) in [4.78, 5) is 18.8. The van der Waals surface area contributed by atoms with Gasteiger partial charge in [0.2, 0.25) is 0 Å². The summed E-state index contributed by atoms with van der Waals surface area (Å²) in [6.45, 7) is 2.86. The van der Waals surface area contributed by atoms with E-state index in [2.05, 4.69) is 26.4 Å². The molecule has 0 saturated carbocycles. The SMILES string of the molecule is O=C(Nc1ccnn1C1CCN(Cc2cccc(Cl)c2)CC1)c1cccnc1. The van der Waals surface area contributed by atoms with E-state index in [1.807, 2.05) is 28.9 Å². The van der Waals surface area contributed by atoms with E-state index in [1.54, 1.807) is 30.7 Å². The smallest absolute Gasteiger partial charge is 0.258 e. The molecular weight excluding hydrogens is 374 g/mol. The van der Waals surface area contributed by atoms with Gasteiger partial charge in [0.1, 0.15) is 5.82 Å². The largest absolute Gasteiger partial charge is 0.307 e. The molecule has 2 aromatic heterocycles. The van der Waals surface area contributed by atoms with E-state index in [-0.39, 0.29) is 11.9 Å². The average Bonchev–Trinajstić information content (AvgIpc) is 3.17. The normalized spacial score (nSPS) is 15.5. The van der Waals surface area contributed by atoms with Crippen molar-refractivity contribution in [1.82, 2.24) is 19.7 Å². The van der Waals surface area contributed by atoms with Crippen molar-refractivity contribution in [2.24, 2.45) is 0 Å². The zero-order chi connectivity index (χ0) is 19.3. The topological polar surface area (TPSA) is 63.1 Å². The molecule has 28 heavy (non-hydrogen) atoms. The Labute approximate surface area is 169 Å². The second kappa shape index (κ2) is 8.54. The Morgan fingerprint density at radius 3 is 2.75 bits per heavy atom. The summed E-state index contributed by atoms with van der Waals surface area (Å²) in [5.41, 5.74) is 1.76. The Kier molecular flexibility index (Phi) is 5.69. The summed E-state index contributed by atoms with van der Waals surface area (Å²) in [6, 6.07) is 13.6. The quantitative estimate of drug-likeness (QED) is 0.708. The molecule has 0 spiro atoms. The van der Waals surface area contributed by atoms with Crippen molar-refractivity contribution in [3.8, 4) is 0 Å². The molecule has 144 valence electrons. The van der Waals surface area contributed by atoms with Gasteiger partial charge in [-0.3, -0.25) is 14.7 Å². The van der Waals surface area contributed by atoms with Crippen molar-refractivity contribution in [1.29, 1.82) is 0 Å². The maximum Gasteiger partial charge on any atom is 0.258 e. The third-order valence-electron chi connectivity index (χ3n) is 5.03. The summed E-state index contributed by atoms with van der Waals surface area (Å²) < 4.78 is 1.94. The number of halogens is 1. The fourth-order valence-corrected chi connectivity index (χ4v) is 3.82. The first kappa shape index (κ1) is 18.7. The first-order valence-corrected chi connectivity index (χ1v) is 9.78. The van der Waals surface area contributed by atoms with Crippen LogP contribution < -0.4 is 5.32 Å². The van der Waals surface area contributed by atoms with Gasteiger partial charge in [-0.1, -0.05) is 23.7 Å². The number of hydrogen-bond acceptors (Lipinski definition) is 4. The second-order valence-electron chi connectivity index (χ2n) is 6.99. The van der Waals surface area contributed by atoms with E-state index in [0.717, 1.165) is 43.3 Å². The monoisotopic (exact) mass is 395 g/mol. The van der Waals surface area contributed by atoms with Crippen LogP contribution in [0.5, 0.6) is 0 Å². The fraction of sp³-hybridized carbons (Fsp3) is 0.286. The Balaban J connectivity index is 1.36. The zero-order valence-corrected chi connectivity index (χ0v) is 16.2. The van der Waals surface area contributed by atoms with Crippen molar-refractivity contribution >= 4 is 23.3 Å². The maximum atomic E-state index is 12.4. The maximum absolute atomic E-state index is 12.4. The van der Waals surface area contributed by atoms with Crippen molar-refractivity contribution in [2.75, 3.05) is 18.4 Å². The summed E-state index contributed by atoms with van der Waals surface area (Å²) in [5.74, 6) is 0.551. The van der Waals surface area contributed by atoms with Crippen LogP contribution in [-0.4, -0.2) is 38.7 Å². The van der Waals surface area contributed by atoms with Gasteiger partial charge in [-0.05, 0) is 42.7 Å². The molecule has 3 aromatic rings. The van der Waals surface area contributed by atoms with Crippen molar-refractivity contribution in [3.63, 3.8) is 0 Å². The van der Waals surface area contributed by atoms with Crippen molar-refractivity contribution in [3.05, 3.63) is 77.2 Å². The van der Waals surface area contributed by atoms with E-state index in [1.165, 1.54) is 5.56 Å². The van der Waals surface area contributed by atoms with Gasteiger partial charge in [0.15, 0.2) is 0 Å². The summed E-state index contributed by atoms with van der Waals surface area (Å²) in [6.07, 6.45) is 6.91. The fourth-order valence-electron chi connectivity index (χ4n) is 3.61. The number of pyridine rings is 1. The number of benzene rings is 1. The lowest BCUT2D eigenvalue weighted by molar-refractivity contribution is 0.102. The van der Waals surface area contributed by atoms with Gasteiger partial charge in [-0.2, -0.15) is 5.10 Å². The number of rotatable bonds is 5. The van der Waals surface area contributed by atoms with Crippen LogP contribution in [0.4, 0.5) is 5.82 Å². The molecular formula is C21H22ClN5O. The van der Waals surface area contributed by atoms with Crippen LogP contribution in [0.25, 0.3) is 0 Å². The number of carbonyl (C=O) groups is 1. The van der Waals surface area contributed by atoms with Crippen molar-refractivity contribution < 1.29 is 4.79 Å². The van der Waals surface area contributed by atoms with Gasteiger partial charge in [0, 0.05) is 43.1 Å². The molecule has 1 aliphatic heterocycles. The molecule has 0 radical (unpaired) electrons. The van der Waals surface area contributed by atoms with Crippen LogP contribution >= 0.6 is 11.6 Å². The molecule has 0 atom stereocenters. The molecule has 1 aliphatic rings. The Bertz CT molecular complexity index is 935. The molecule has 1 aromatic carbocycles. The molecule has 0 bridgehead atoms. The van der Waals surface area contributed by atoms with Crippen LogP contribution in [-0.2, 0) is 6.54 Å². The predicted octanol–water partition coefficient (Wildman–Crippen LogP) is 4.02. The first-order valence-electron chi connectivity index (χ1n) is 9.41. The zero-order valence-electron chi connectivity index (χ0n) is 15.5. The van der Waals surface area contributed by atoms with Crippen LogP contribution in [0.3, 0.4) is 0 Å². The van der Waals surface area contributed by atoms with Crippen LogP contribution in [0.2, 0.25) is 5.02 Å². The van der Waals surface area contributed by atoms with Crippen LogP contribution in [0, 0.1) is 0 Å². The molecule has 1 fully saturated rings. The summed E-state index contributed by atoms with van der Waals surface area (Å²) >= 11 is 6.09. The van der Waals surface area contributed by atoms with E-state index in [4.69, 9.17) is 11.6 Å². The van der Waals surface area contributed by atoms with Gasteiger partial charge in [0.25, 0.3) is 5.91 Å². The molecule has 7 heteroatoms. The molecule has 1 N–H and O–H groups in total. The minimum absolute atomic E-state index is 0.173. The third kappa shape index (κ3) is 4.40. The lowest BCUT2D eigenvalue weighted by Crippen LogP contribution is -2.35. The average molecular weight is 396 g/mol. The lowest BCUT2D eigenvalue weighted by atomic mass is 10.0.